The number of rotatable bonds is 4. The van der Waals surface area contributed by atoms with Gasteiger partial charge in [-0.25, -0.2) is 9.97 Å². The number of carbonyl (C=O) groups excluding carboxylic acids is 1. The van der Waals surface area contributed by atoms with E-state index < -0.39 is 0 Å². The summed E-state index contributed by atoms with van der Waals surface area (Å²) in [6.07, 6.45) is 0. The average molecular weight is 567 g/mol. The summed E-state index contributed by atoms with van der Waals surface area (Å²) >= 11 is 6.92. The number of para-hydroxylation sites is 2. The molecule has 2 heterocycles. The maximum absolute atomic E-state index is 13.5. The van der Waals surface area contributed by atoms with Gasteiger partial charge in [0, 0.05) is 14.5 Å². The molecule has 164 valence electrons. The van der Waals surface area contributed by atoms with E-state index in [1.54, 1.807) is 6.07 Å². The fourth-order valence-electron chi connectivity index (χ4n) is 3.80. The first-order valence-corrected chi connectivity index (χ1v) is 11.7. The molecule has 0 unspecified atom stereocenters. The van der Waals surface area contributed by atoms with Gasteiger partial charge in [-0.15, -0.1) is 0 Å². The highest BCUT2D eigenvalue weighted by Gasteiger charge is 2.18. The summed E-state index contributed by atoms with van der Waals surface area (Å²) in [4.78, 5) is 35.8. The van der Waals surface area contributed by atoms with E-state index in [1.807, 2.05) is 72.2 Å². The molecule has 0 aliphatic carbocycles. The van der Waals surface area contributed by atoms with E-state index in [0.717, 1.165) is 15.5 Å². The topological polar surface area (TPSA) is 81.8 Å². The Bertz CT molecular complexity index is 1590. The van der Waals surface area contributed by atoms with Crippen molar-refractivity contribution in [2.75, 3.05) is 5.43 Å². The van der Waals surface area contributed by atoms with Crippen molar-refractivity contribution in [2.45, 2.75) is 13.5 Å². The summed E-state index contributed by atoms with van der Waals surface area (Å²) < 4.78 is 4.44. The molecule has 1 amide bonds. The minimum atomic E-state index is -0.374. The molecule has 0 spiro atoms. The third-order valence-electron chi connectivity index (χ3n) is 5.31. The number of imidazole rings is 1. The van der Waals surface area contributed by atoms with Gasteiger partial charge in [-0.2, -0.15) is 4.68 Å². The van der Waals surface area contributed by atoms with Crippen LogP contribution in [0, 0.1) is 6.92 Å². The molecule has 1 N–H and O–H groups in total. The molecule has 0 radical (unpaired) electrons. The third kappa shape index (κ3) is 3.98. The molecule has 0 bridgehead atoms. The average Bonchev–Trinajstić information content (AvgIpc) is 3.11. The van der Waals surface area contributed by atoms with E-state index in [-0.39, 0.29) is 18.0 Å². The molecule has 0 fully saturated rings. The van der Waals surface area contributed by atoms with Crippen LogP contribution in [-0.2, 0) is 11.3 Å². The number of nitrogens with zero attached hydrogens (tertiary/aromatic N) is 4. The van der Waals surface area contributed by atoms with Crippen molar-refractivity contribution < 1.29 is 4.79 Å². The molecule has 0 aliphatic heterocycles. The Morgan fingerprint density at radius 2 is 1.73 bits per heavy atom. The number of nitrogens with one attached hydrogen (secondary N) is 1. The molecule has 0 saturated heterocycles. The van der Waals surface area contributed by atoms with E-state index in [9.17, 15) is 9.59 Å². The molecule has 5 aromatic rings. The number of fused-ring (bicyclic) bond motifs is 2. The maximum Gasteiger partial charge on any atom is 0.280 e. The first kappa shape index (κ1) is 21.5. The van der Waals surface area contributed by atoms with Crippen LogP contribution in [0.15, 0.2) is 80.5 Å². The van der Waals surface area contributed by atoms with Crippen molar-refractivity contribution in [3.8, 4) is 11.4 Å². The van der Waals surface area contributed by atoms with Crippen LogP contribution in [0.1, 0.15) is 5.82 Å². The van der Waals surface area contributed by atoms with Crippen molar-refractivity contribution in [1.82, 2.24) is 19.2 Å². The number of amides is 1. The maximum atomic E-state index is 13.5. The molecule has 2 aromatic heterocycles. The van der Waals surface area contributed by atoms with Gasteiger partial charge in [0.15, 0.2) is 5.82 Å². The Morgan fingerprint density at radius 3 is 2.52 bits per heavy atom. The molecule has 0 saturated carbocycles. The molecule has 7 nitrogen and oxygen atoms in total. The Labute approximate surface area is 205 Å². The predicted octanol–water partition coefficient (Wildman–Crippen LogP) is 5.02. The van der Waals surface area contributed by atoms with E-state index >= 15 is 0 Å². The number of halogens is 2. The van der Waals surface area contributed by atoms with Crippen molar-refractivity contribution in [3.05, 3.63) is 91.9 Å². The van der Waals surface area contributed by atoms with Gasteiger partial charge in [0.25, 0.3) is 11.5 Å². The van der Waals surface area contributed by atoms with Crippen LogP contribution in [0.4, 0.5) is 0 Å². The summed E-state index contributed by atoms with van der Waals surface area (Å²) in [7, 11) is 0. The van der Waals surface area contributed by atoms with Crippen molar-refractivity contribution in [3.63, 3.8) is 0 Å². The Kier molecular flexibility index (Phi) is 5.59. The lowest BCUT2D eigenvalue weighted by atomic mass is 10.2. The highest BCUT2D eigenvalue weighted by Crippen LogP contribution is 2.27. The van der Waals surface area contributed by atoms with Gasteiger partial charge in [-0.1, -0.05) is 58.4 Å². The molecule has 3 aromatic carbocycles. The molecular weight excluding hydrogens is 550 g/mol. The van der Waals surface area contributed by atoms with E-state index in [4.69, 9.17) is 4.98 Å². The highest BCUT2D eigenvalue weighted by molar-refractivity contribution is 9.11. The quantitative estimate of drug-likeness (QED) is 0.331. The predicted molar refractivity (Wildman–Crippen MR) is 136 cm³/mol. The molecule has 5 rings (SSSR count). The minimum absolute atomic E-state index is 0.00717. The van der Waals surface area contributed by atoms with Gasteiger partial charge in [0.2, 0.25) is 0 Å². The zero-order valence-electron chi connectivity index (χ0n) is 17.4. The highest BCUT2D eigenvalue weighted by atomic mass is 79.9. The zero-order valence-corrected chi connectivity index (χ0v) is 20.6. The van der Waals surface area contributed by atoms with Crippen LogP contribution >= 0.6 is 31.9 Å². The molecule has 0 atom stereocenters. The monoisotopic (exact) mass is 565 g/mol. The smallest absolute Gasteiger partial charge is 0.280 e. The second-order valence-electron chi connectivity index (χ2n) is 7.49. The van der Waals surface area contributed by atoms with Gasteiger partial charge in [0.05, 0.1) is 21.9 Å². The second kappa shape index (κ2) is 8.57. The van der Waals surface area contributed by atoms with E-state index in [2.05, 4.69) is 42.3 Å². The van der Waals surface area contributed by atoms with Crippen molar-refractivity contribution in [2.24, 2.45) is 0 Å². The number of hydrogen-bond acceptors (Lipinski definition) is 4. The molecule has 0 aliphatic rings. The zero-order chi connectivity index (χ0) is 23.1. The van der Waals surface area contributed by atoms with Gasteiger partial charge in [0.1, 0.15) is 12.4 Å². The fourth-order valence-corrected chi connectivity index (χ4v) is 5.11. The van der Waals surface area contributed by atoms with Crippen LogP contribution in [0.2, 0.25) is 0 Å². The number of aryl methyl sites for hydroxylation is 1. The Morgan fingerprint density at radius 1 is 1.00 bits per heavy atom. The minimum Gasteiger partial charge on any atom is -0.319 e. The SMILES string of the molecule is Cc1nc2ccccc2n1CC(=O)Nn1c(-c2ccccc2)nc2c(Br)cc(Br)cc2c1=O. The third-order valence-corrected chi connectivity index (χ3v) is 6.37. The Hall–Kier alpha value is -3.30. The van der Waals surface area contributed by atoms with Gasteiger partial charge < -0.3 is 4.57 Å². The van der Waals surface area contributed by atoms with Crippen LogP contribution in [0.5, 0.6) is 0 Å². The first-order valence-electron chi connectivity index (χ1n) is 10.1. The number of carbonyl (C=O) groups is 1. The lowest BCUT2D eigenvalue weighted by Gasteiger charge is -2.16. The number of benzene rings is 3. The summed E-state index contributed by atoms with van der Waals surface area (Å²) in [5.41, 5.74) is 5.27. The summed E-state index contributed by atoms with van der Waals surface area (Å²) in [5.74, 6) is 0.693. The number of hydrogen-bond donors (Lipinski definition) is 1. The second-order valence-corrected chi connectivity index (χ2v) is 9.26. The lowest BCUT2D eigenvalue weighted by molar-refractivity contribution is -0.117. The summed E-state index contributed by atoms with van der Waals surface area (Å²) in [6, 6.07) is 20.4. The molecular formula is C24H17Br2N5O2. The standard InChI is InChI=1S/C24H17Br2N5O2/c1-14-27-19-9-5-6-10-20(19)30(14)13-21(32)29-31-23(15-7-3-2-4-8-15)28-22-17(24(31)33)11-16(25)12-18(22)26/h2-12H,13H2,1H3,(H,29,32). The van der Waals surface area contributed by atoms with Crippen molar-refractivity contribution in [1.29, 1.82) is 0 Å². The largest absolute Gasteiger partial charge is 0.319 e. The van der Waals surface area contributed by atoms with Gasteiger partial charge in [-0.05, 0) is 47.1 Å². The van der Waals surface area contributed by atoms with E-state index in [1.165, 1.54) is 4.68 Å². The van der Waals surface area contributed by atoms with Crippen LogP contribution in [-0.4, -0.2) is 25.1 Å². The summed E-state index contributed by atoms with van der Waals surface area (Å²) in [5, 5.41) is 0.375. The summed E-state index contributed by atoms with van der Waals surface area (Å²) in [6.45, 7) is 1.86. The first-order chi connectivity index (χ1) is 15.9. The normalized spacial score (nSPS) is 11.2. The van der Waals surface area contributed by atoms with E-state index in [0.29, 0.717) is 32.6 Å². The van der Waals surface area contributed by atoms with Crippen molar-refractivity contribution >= 4 is 59.7 Å². The fraction of sp³-hybridized carbons (Fsp3) is 0.0833. The van der Waals surface area contributed by atoms with Gasteiger partial charge in [-0.3, -0.25) is 15.0 Å². The van der Waals surface area contributed by atoms with Crippen LogP contribution in [0.3, 0.4) is 0 Å². The van der Waals surface area contributed by atoms with Crippen LogP contribution < -0.4 is 11.0 Å². The Balaban J connectivity index is 1.62. The van der Waals surface area contributed by atoms with Crippen LogP contribution in [0.25, 0.3) is 33.3 Å². The van der Waals surface area contributed by atoms with Gasteiger partial charge >= 0.3 is 0 Å². The number of aromatic nitrogens is 4. The lowest BCUT2D eigenvalue weighted by Crippen LogP contribution is -2.37. The molecule has 33 heavy (non-hydrogen) atoms. The molecule has 9 heteroatoms.